The van der Waals surface area contributed by atoms with Crippen LogP contribution in [0.15, 0.2) is 18.2 Å². The van der Waals surface area contributed by atoms with Crippen molar-refractivity contribution in [1.82, 2.24) is 9.80 Å². The molecule has 0 bridgehead atoms. The topological polar surface area (TPSA) is 24.9 Å². The monoisotopic (exact) mass is 290 g/mol. The predicted octanol–water partition coefficient (Wildman–Crippen LogP) is 2.37. The summed E-state index contributed by atoms with van der Waals surface area (Å²) >= 11 is 0. The summed E-state index contributed by atoms with van der Waals surface area (Å²) in [6, 6.07) is 7.49. The third-order valence-corrected chi connectivity index (χ3v) is 4.93. The highest BCUT2D eigenvalue weighted by Crippen LogP contribution is 2.29. The second-order valence-electron chi connectivity index (χ2n) is 6.25. The molecule has 21 heavy (non-hydrogen) atoms. The fraction of sp³-hybridized carbons (Fsp3) is 0.647. The number of methoxy groups -OCH3 is 2. The van der Waals surface area contributed by atoms with Crippen LogP contribution in [-0.2, 0) is 6.54 Å². The summed E-state index contributed by atoms with van der Waals surface area (Å²) in [6.07, 6.45) is 2.71. The van der Waals surface area contributed by atoms with Crippen LogP contribution in [0.2, 0.25) is 0 Å². The van der Waals surface area contributed by atoms with Crippen molar-refractivity contribution < 1.29 is 9.47 Å². The van der Waals surface area contributed by atoms with E-state index in [0.29, 0.717) is 6.04 Å². The lowest BCUT2D eigenvalue weighted by molar-refractivity contribution is 0.0535. The van der Waals surface area contributed by atoms with Gasteiger partial charge in [-0.05, 0) is 32.4 Å². The molecule has 1 aromatic carbocycles. The number of rotatable bonds is 4. The molecule has 2 saturated heterocycles. The Balaban J connectivity index is 1.73. The maximum atomic E-state index is 5.53. The van der Waals surface area contributed by atoms with Crippen molar-refractivity contribution in [1.29, 1.82) is 0 Å². The van der Waals surface area contributed by atoms with Gasteiger partial charge in [-0.15, -0.1) is 0 Å². The highest BCUT2D eigenvalue weighted by atomic mass is 16.5. The first-order valence-corrected chi connectivity index (χ1v) is 7.90. The maximum absolute atomic E-state index is 5.53. The number of fused-ring (bicyclic) bond motifs is 1. The van der Waals surface area contributed by atoms with Gasteiger partial charge in [-0.2, -0.15) is 0 Å². The number of piperazine rings is 1. The molecular weight excluding hydrogens is 264 g/mol. The van der Waals surface area contributed by atoms with Crippen molar-refractivity contribution in [3.8, 4) is 11.5 Å². The molecule has 2 aliphatic rings. The lowest BCUT2D eigenvalue weighted by Gasteiger charge is -2.42. The third kappa shape index (κ3) is 3.01. The Hall–Kier alpha value is -1.26. The van der Waals surface area contributed by atoms with Crippen molar-refractivity contribution in [3.05, 3.63) is 23.8 Å². The second kappa shape index (κ2) is 6.24. The molecule has 0 amide bonds. The van der Waals surface area contributed by atoms with Crippen LogP contribution in [0.5, 0.6) is 11.5 Å². The van der Waals surface area contributed by atoms with Gasteiger partial charge in [-0.1, -0.05) is 6.07 Å². The molecule has 2 fully saturated rings. The van der Waals surface area contributed by atoms with E-state index in [1.54, 1.807) is 14.2 Å². The zero-order valence-corrected chi connectivity index (χ0v) is 13.3. The quantitative estimate of drug-likeness (QED) is 0.850. The highest BCUT2D eigenvalue weighted by molar-refractivity contribution is 5.40. The Morgan fingerprint density at radius 1 is 1.19 bits per heavy atom. The minimum atomic E-state index is 0.603. The average Bonchev–Trinajstić information content (AvgIpc) is 2.95. The third-order valence-electron chi connectivity index (χ3n) is 4.93. The maximum Gasteiger partial charge on any atom is 0.127 e. The molecule has 4 heteroatoms. The Kier molecular flexibility index (Phi) is 4.36. The van der Waals surface area contributed by atoms with Gasteiger partial charge in [0.15, 0.2) is 0 Å². The van der Waals surface area contributed by atoms with Crippen LogP contribution in [0.25, 0.3) is 0 Å². The summed E-state index contributed by atoms with van der Waals surface area (Å²) in [5.74, 6) is 1.78. The normalized spacial score (nSPS) is 26.6. The van der Waals surface area contributed by atoms with Crippen LogP contribution in [0.3, 0.4) is 0 Å². The molecule has 1 unspecified atom stereocenters. The molecule has 4 nitrogen and oxygen atoms in total. The van der Waals surface area contributed by atoms with Gasteiger partial charge in [0, 0.05) is 43.3 Å². The van der Waals surface area contributed by atoms with Crippen LogP contribution >= 0.6 is 0 Å². The lowest BCUT2D eigenvalue weighted by atomic mass is 10.1. The van der Waals surface area contributed by atoms with Gasteiger partial charge in [0.25, 0.3) is 0 Å². The van der Waals surface area contributed by atoms with Crippen LogP contribution in [0, 0.1) is 0 Å². The van der Waals surface area contributed by atoms with Gasteiger partial charge >= 0.3 is 0 Å². The van der Waals surface area contributed by atoms with Gasteiger partial charge in [-0.25, -0.2) is 0 Å². The van der Waals surface area contributed by atoms with E-state index in [-0.39, 0.29) is 0 Å². The van der Waals surface area contributed by atoms with Crippen LogP contribution in [0.1, 0.15) is 25.3 Å². The van der Waals surface area contributed by atoms with Gasteiger partial charge in [0.05, 0.1) is 14.2 Å². The fourth-order valence-corrected chi connectivity index (χ4v) is 3.67. The second-order valence-corrected chi connectivity index (χ2v) is 6.25. The molecule has 116 valence electrons. The van der Waals surface area contributed by atoms with E-state index in [9.17, 15) is 0 Å². The highest BCUT2D eigenvalue weighted by Gasteiger charge is 2.34. The summed E-state index contributed by atoms with van der Waals surface area (Å²) in [7, 11) is 3.42. The molecule has 0 aromatic heterocycles. The smallest absolute Gasteiger partial charge is 0.127 e. The number of benzene rings is 1. The van der Waals surface area contributed by atoms with Crippen molar-refractivity contribution >= 4 is 0 Å². The first-order valence-electron chi connectivity index (χ1n) is 7.90. The molecule has 3 rings (SSSR count). The summed E-state index contributed by atoms with van der Waals surface area (Å²) in [6.45, 7) is 6.96. The minimum Gasteiger partial charge on any atom is -0.497 e. The Morgan fingerprint density at radius 3 is 2.81 bits per heavy atom. The molecule has 0 spiro atoms. The van der Waals surface area contributed by atoms with E-state index in [0.717, 1.165) is 24.1 Å². The fourth-order valence-electron chi connectivity index (χ4n) is 3.67. The van der Waals surface area contributed by atoms with Gasteiger partial charge < -0.3 is 9.47 Å². The Labute approximate surface area is 127 Å². The predicted molar refractivity (Wildman–Crippen MR) is 84.0 cm³/mol. The summed E-state index contributed by atoms with van der Waals surface area (Å²) in [5.41, 5.74) is 1.25. The molecule has 1 aromatic rings. The Morgan fingerprint density at radius 2 is 2.05 bits per heavy atom. The van der Waals surface area contributed by atoms with E-state index in [1.807, 2.05) is 12.1 Å². The van der Waals surface area contributed by atoms with E-state index in [4.69, 9.17) is 9.47 Å². The van der Waals surface area contributed by atoms with Gasteiger partial charge in [0.2, 0.25) is 0 Å². The molecular formula is C17H26N2O2. The van der Waals surface area contributed by atoms with Crippen molar-refractivity contribution in [2.45, 2.75) is 38.4 Å². The number of hydrogen-bond acceptors (Lipinski definition) is 4. The van der Waals surface area contributed by atoms with Crippen molar-refractivity contribution in [3.63, 3.8) is 0 Å². The summed E-state index contributed by atoms with van der Waals surface area (Å²) in [5, 5.41) is 0. The molecule has 0 aliphatic carbocycles. The lowest BCUT2D eigenvalue weighted by Crippen LogP contribution is -2.54. The van der Waals surface area contributed by atoms with Crippen LogP contribution < -0.4 is 9.47 Å². The van der Waals surface area contributed by atoms with Gasteiger partial charge in [-0.3, -0.25) is 9.80 Å². The molecule has 0 saturated carbocycles. The minimum absolute atomic E-state index is 0.603. The number of hydrogen-bond donors (Lipinski definition) is 0. The van der Waals surface area contributed by atoms with Crippen molar-refractivity contribution in [2.24, 2.45) is 0 Å². The van der Waals surface area contributed by atoms with E-state index in [1.165, 1.54) is 38.0 Å². The molecule has 0 N–H and O–H groups in total. The number of nitrogens with zero attached hydrogens (tertiary/aromatic N) is 2. The van der Waals surface area contributed by atoms with Crippen LogP contribution in [0.4, 0.5) is 0 Å². The van der Waals surface area contributed by atoms with Crippen LogP contribution in [-0.4, -0.2) is 55.7 Å². The largest absolute Gasteiger partial charge is 0.497 e. The SMILES string of the molecule is COc1ccc(CN2CC3CCCN3C[C@H]2C)c(OC)c1. The van der Waals surface area contributed by atoms with Crippen molar-refractivity contribution in [2.75, 3.05) is 33.9 Å². The average molecular weight is 290 g/mol. The number of ether oxygens (including phenoxy) is 2. The molecule has 2 heterocycles. The first-order chi connectivity index (χ1) is 10.2. The molecule has 2 atom stereocenters. The molecule has 2 aliphatic heterocycles. The standard InChI is InChI=1S/C17H26N2O2/c1-13-10-18-8-4-5-15(18)12-19(13)11-14-6-7-16(20-2)9-17(14)21-3/h6-7,9,13,15H,4-5,8,10-12H2,1-3H3/t13-,15?/m1/s1. The van der Waals surface area contributed by atoms with E-state index >= 15 is 0 Å². The zero-order valence-electron chi connectivity index (χ0n) is 13.3. The van der Waals surface area contributed by atoms with E-state index in [2.05, 4.69) is 22.8 Å². The first kappa shape index (κ1) is 14.7. The summed E-state index contributed by atoms with van der Waals surface area (Å²) < 4.78 is 10.8. The van der Waals surface area contributed by atoms with Gasteiger partial charge in [0.1, 0.15) is 11.5 Å². The van der Waals surface area contributed by atoms with E-state index < -0.39 is 0 Å². The molecule has 0 radical (unpaired) electrons. The summed E-state index contributed by atoms with van der Waals surface area (Å²) in [4.78, 5) is 5.25. The zero-order chi connectivity index (χ0) is 14.8. The Bertz CT molecular complexity index is 492.